The molecule has 20 heavy (non-hydrogen) atoms. The van der Waals surface area contributed by atoms with Gasteiger partial charge >= 0.3 is 0 Å². The minimum absolute atomic E-state index is 0.863. The van der Waals surface area contributed by atoms with Crippen molar-refractivity contribution >= 4 is 33.9 Å². The lowest BCUT2D eigenvalue weighted by Crippen LogP contribution is -1.83. The molecular formula is C16H12INOS. The predicted molar refractivity (Wildman–Crippen MR) is 92.3 cm³/mol. The largest absolute Gasteiger partial charge is 0.497 e. The third-order valence-electron chi connectivity index (χ3n) is 2.96. The highest BCUT2D eigenvalue weighted by molar-refractivity contribution is 14.1. The van der Waals surface area contributed by atoms with Crippen molar-refractivity contribution in [2.24, 2.45) is 0 Å². The van der Waals surface area contributed by atoms with Gasteiger partial charge in [0.2, 0.25) is 0 Å². The third-order valence-corrected chi connectivity index (χ3v) is 4.52. The molecule has 2 nitrogen and oxygen atoms in total. The molecule has 1 aromatic heterocycles. The first-order chi connectivity index (χ1) is 9.76. The summed E-state index contributed by atoms with van der Waals surface area (Å²) in [6, 6.07) is 16.4. The van der Waals surface area contributed by atoms with Gasteiger partial charge in [-0.05, 0) is 59.0 Å². The minimum atomic E-state index is 0.863. The number of benzene rings is 2. The van der Waals surface area contributed by atoms with Crippen LogP contribution in [0.5, 0.6) is 5.75 Å². The maximum Gasteiger partial charge on any atom is 0.124 e. The van der Waals surface area contributed by atoms with Gasteiger partial charge in [0.1, 0.15) is 10.8 Å². The number of ether oxygens (including phenoxy) is 1. The van der Waals surface area contributed by atoms with Gasteiger partial charge in [0.05, 0.1) is 12.8 Å². The van der Waals surface area contributed by atoms with Crippen molar-refractivity contribution < 1.29 is 4.74 Å². The van der Waals surface area contributed by atoms with E-state index < -0.39 is 0 Å². The second-order valence-corrected chi connectivity index (χ2v) is 6.38. The summed E-state index contributed by atoms with van der Waals surface area (Å²) in [5, 5.41) is 3.14. The molecule has 4 heteroatoms. The van der Waals surface area contributed by atoms with Gasteiger partial charge in [0.25, 0.3) is 0 Å². The smallest absolute Gasteiger partial charge is 0.124 e. The fourth-order valence-electron chi connectivity index (χ4n) is 1.92. The van der Waals surface area contributed by atoms with Crippen molar-refractivity contribution in [3.05, 3.63) is 57.5 Å². The highest BCUT2D eigenvalue weighted by Gasteiger charge is 2.07. The minimum Gasteiger partial charge on any atom is -0.497 e. The van der Waals surface area contributed by atoms with Gasteiger partial charge in [-0.3, -0.25) is 0 Å². The van der Waals surface area contributed by atoms with E-state index in [4.69, 9.17) is 9.72 Å². The van der Waals surface area contributed by atoms with E-state index in [0.717, 1.165) is 22.0 Å². The first kappa shape index (κ1) is 13.6. The Morgan fingerprint density at radius 3 is 2.55 bits per heavy atom. The van der Waals surface area contributed by atoms with E-state index in [1.807, 2.05) is 24.3 Å². The van der Waals surface area contributed by atoms with E-state index in [-0.39, 0.29) is 0 Å². The first-order valence-corrected chi connectivity index (χ1v) is 8.08. The van der Waals surface area contributed by atoms with E-state index >= 15 is 0 Å². The predicted octanol–water partition coefficient (Wildman–Crippen LogP) is 5.09. The van der Waals surface area contributed by atoms with E-state index in [1.54, 1.807) is 18.4 Å². The highest BCUT2D eigenvalue weighted by atomic mass is 127. The molecule has 0 aliphatic heterocycles. The van der Waals surface area contributed by atoms with Crippen molar-refractivity contribution in [2.45, 2.75) is 0 Å². The van der Waals surface area contributed by atoms with Crippen LogP contribution in [0.1, 0.15) is 0 Å². The van der Waals surface area contributed by atoms with Crippen LogP contribution in [0.25, 0.3) is 21.8 Å². The summed E-state index contributed by atoms with van der Waals surface area (Å²) in [7, 11) is 1.67. The lowest BCUT2D eigenvalue weighted by atomic mass is 10.1. The summed E-state index contributed by atoms with van der Waals surface area (Å²) in [6.07, 6.45) is 0. The molecule has 1 heterocycles. The molecule has 0 aliphatic rings. The van der Waals surface area contributed by atoms with Crippen LogP contribution < -0.4 is 4.74 Å². The maximum absolute atomic E-state index is 5.17. The van der Waals surface area contributed by atoms with Crippen LogP contribution in [-0.2, 0) is 0 Å². The molecule has 0 fully saturated rings. The van der Waals surface area contributed by atoms with E-state index in [2.05, 4.69) is 52.2 Å². The number of hydrogen-bond acceptors (Lipinski definition) is 3. The zero-order chi connectivity index (χ0) is 13.9. The fourth-order valence-corrected chi connectivity index (χ4v) is 3.29. The number of aromatic nitrogens is 1. The second kappa shape index (κ2) is 5.93. The lowest BCUT2D eigenvalue weighted by Gasteiger charge is -2.00. The number of methoxy groups -OCH3 is 1. The molecule has 0 atom stereocenters. The van der Waals surface area contributed by atoms with Gasteiger partial charge in [0, 0.05) is 20.1 Å². The molecule has 2 aromatic carbocycles. The standard InChI is InChI=1S/C16H12INOS/c1-19-14-7-5-11(6-8-14)15-10-20-16(18-15)12-3-2-4-13(17)9-12/h2-10H,1H3. The van der Waals surface area contributed by atoms with Crippen LogP contribution in [0.15, 0.2) is 53.9 Å². The monoisotopic (exact) mass is 393 g/mol. The summed E-state index contributed by atoms with van der Waals surface area (Å²) in [5.41, 5.74) is 3.28. The maximum atomic E-state index is 5.17. The zero-order valence-corrected chi connectivity index (χ0v) is 13.8. The molecule has 0 bridgehead atoms. The van der Waals surface area contributed by atoms with Gasteiger partial charge in [-0.25, -0.2) is 4.98 Å². The molecular weight excluding hydrogens is 381 g/mol. The van der Waals surface area contributed by atoms with Crippen LogP contribution in [0.4, 0.5) is 0 Å². The average Bonchev–Trinajstić information content (AvgIpc) is 2.97. The summed E-state index contributed by atoms with van der Waals surface area (Å²) < 4.78 is 6.40. The Morgan fingerprint density at radius 2 is 1.85 bits per heavy atom. The quantitative estimate of drug-likeness (QED) is 0.579. The van der Waals surface area contributed by atoms with Crippen LogP contribution in [-0.4, -0.2) is 12.1 Å². The van der Waals surface area contributed by atoms with Gasteiger partial charge < -0.3 is 4.74 Å². The Hall–Kier alpha value is -1.40. The van der Waals surface area contributed by atoms with Gasteiger partial charge in [-0.2, -0.15) is 0 Å². The number of hydrogen-bond donors (Lipinski definition) is 0. The number of halogens is 1. The average molecular weight is 393 g/mol. The van der Waals surface area contributed by atoms with Crippen molar-refractivity contribution in [3.8, 4) is 27.6 Å². The Balaban J connectivity index is 1.93. The Labute approximate surface area is 135 Å². The molecule has 100 valence electrons. The van der Waals surface area contributed by atoms with Gasteiger partial charge in [-0.15, -0.1) is 11.3 Å². The summed E-state index contributed by atoms with van der Waals surface area (Å²) >= 11 is 3.99. The molecule has 3 aromatic rings. The van der Waals surface area contributed by atoms with E-state index in [0.29, 0.717) is 0 Å². The third kappa shape index (κ3) is 2.86. The normalized spacial score (nSPS) is 10.5. The summed E-state index contributed by atoms with van der Waals surface area (Å²) in [6.45, 7) is 0. The first-order valence-electron chi connectivity index (χ1n) is 6.12. The topological polar surface area (TPSA) is 22.1 Å². The lowest BCUT2D eigenvalue weighted by molar-refractivity contribution is 0.415. The molecule has 0 radical (unpaired) electrons. The second-order valence-electron chi connectivity index (χ2n) is 4.28. The molecule has 0 spiro atoms. The van der Waals surface area contributed by atoms with Crippen LogP contribution in [0.2, 0.25) is 0 Å². The molecule has 3 rings (SSSR count). The number of thiazole rings is 1. The van der Waals surface area contributed by atoms with Crippen LogP contribution in [0, 0.1) is 3.57 Å². The molecule has 0 aliphatic carbocycles. The fraction of sp³-hybridized carbons (Fsp3) is 0.0625. The molecule has 0 saturated heterocycles. The molecule has 0 amide bonds. The Bertz CT molecular complexity index is 721. The Morgan fingerprint density at radius 1 is 1.05 bits per heavy atom. The van der Waals surface area contributed by atoms with Crippen molar-refractivity contribution in [1.82, 2.24) is 4.98 Å². The van der Waals surface area contributed by atoms with E-state index in [1.165, 1.54) is 9.13 Å². The zero-order valence-electron chi connectivity index (χ0n) is 10.8. The number of rotatable bonds is 3. The van der Waals surface area contributed by atoms with Crippen LogP contribution >= 0.6 is 33.9 Å². The van der Waals surface area contributed by atoms with Gasteiger partial charge in [-0.1, -0.05) is 12.1 Å². The van der Waals surface area contributed by atoms with Crippen molar-refractivity contribution in [3.63, 3.8) is 0 Å². The molecule has 0 unspecified atom stereocenters. The highest BCUT2D eigenvalue weighted by Crippen LogP contribution is 2.30. The molecule has 0 saturated carbocycles. The SMILES string of the molecule is COc1ccc(-c2csc(-c3cccc(I)c3)n2)cc1. The summed E-state index contributed by atoms with van der Waals surface area (Å²) in [5.74, 6) is 0.863. The molecule has 0 N–H and O–H groups in total. The summed E-state index contributed by atoms with van der Waals surface area (Å²) in [4.78, 5) is 4.72. The number of nitrogens with zero attached hydrogens (tertiary/aromatic N) is 1. The Kier molecular flexibility index (Phi) is 4.03. The van der Waals surface area contributed by atoms with Crippen LogP contribution in [0.3, 0.4) is 0 Å². The van der Waals surface area contributed by atoms with Gasteiger partial charge in [0.15, 0.2) is 0 Å². The van der Waals surface area contributed by atoms with Crippen molar-refractivity contribution in [1.29, 1.82) is 0 Å². The van der Waals surface area contributed by atoms with Crippen molar-refractivity contribution in [2.75, 3.05) is 7.11 Å². The van der Waals surface area contributed by atoms with E-state index in [9.17, 15) is 0 Å².